The molecule has 0 aromatic heterocycles. The minimum Gasteiger partial charge on any atom is -0.389 e. The molecule has 0 atom stereocenters. The van der Waals surface area contributed by atoms with Crippen molar-refractivity contribution in [1.82, 2.24) is 5.32 Å². The van der Waals surface area contributed by atoms with Crippen molar-refractivity contribution < 1.29 is 13.6 Å². The van der Waals surface area contributed by atoms with E-state index in [2.05, 4.69) is 5.32 Å². The van der Waals surface area contributed by atoms with Crippen molar-refractivity contribution in [1.29, 1.82) is 0 Å². The molecule has 3 N–H and O–H groups in total. The van der Waals surface area contributed by atoms with Gasteiger partial charge in [-0.05, 0) is 29.8 Å². The minimum atomic E-state index is -0.772. The van der Waals surface area contributed by atoms with Crippen LogP contribution in [0.5, 0.6) is 0 Å². The summed E-state index contributed by atoms with van der Waals surface area (Å²) in [4.78, 5) is 12.1. The standard InChI is InChI=1S/C15H12F2N2OS/c16-11-4-5-13(17)12(7-11)15(20)19-8-9-2-1-3-10(6-9)14(18)21/h1-7H,8H2,(H2,18,21)(H,19,20). The number of carbonyl (C=O) groups is 1. The summed E-state index contributed by atoms with van der Waals surface area (Å²) in [6.45, 7) is 0.158. The number of nitrogens with one attached hydrogen (secondary N) is 1. The molecule has 2 aromatic rings. The Bertz CT molecular complexity index is 704. The molecule has 0 saturated carbocycles. The highest BCUT2D eigenvalue weighted by Gasteiger charge is 2.12. The van der Waals surface area contributed by atoms with E-state index in [1.54, 1.807) is 24.3 Å². The normalized spacial score (nSPS) is 10.2. The second-order valence-corrected chi connectivity index (χ2v) is 4.81. The second-order valence-electron chi connectivity index (χ2n) is 4.37. The van der Waals surface area contributed by atoms with Crippen LogP contribution in [0, 0.1) is 11.6 Å². The van der Waals surface area contributed by atoms with Gasteiger partial charge in [-0.1, -0.05) is 30.4 Å². The first kappa shape index (κ1) is 15.1. The zero-order chi connectivity index (χ0) is 15.4. The van der Waals surface area contributed by atoms with E-state index in [0.29, 0.717) is 5.56 Å². The van der Waals surface area contributed by atoms with Crippen molar-refractivity contribution in [3.8, 4) is 0 Å². The minimum absolute atomic E-state index is 0.158. The van der Waals surface area contributed by atoms with Gasteiger partial charge in [-0.3, -0.25) is 4.79 Å². The molecule has 1 amide bonds. The van der Waals surface area contributed by atoms with Crippen LogP contribution in [0.25, 0.3) is 0 Å². The summed E-state index contributed by atoms with van der Waals surface area (Å²) in [6.07, 6.45) is 0. The first-order valence-corrected chi connectivity index (χ1v) is 6.50. The highest BCUT2D eigenvalue weighted by atomic mass is 32.1. The largest absolute Gasteiger partial charge is 0.389 e. The van der Waals surface area contributed by atoms with Crippen LogP contribution in [0.3, 0.4) is 0 Å². The molecule has 0 heterocycles. The number of nitrogens with two attached hydrogens (primary N) is 1. The topological polar surface area (TPSA) is 55.1 Å². The number of amides is 1. The summed E-state index contributed by atoms with van der Waals surface area (Å²) in [5.74, 6) is -2.13. The van der Waals surface area contributed by atoms with Gasteiger partial charge in [-0.2, -0.15) is 0 Å². The molecule has 0 aliphatic rings. The van der Waals surface area contributed by atoms with Crippen molar-refractivity contribution in [2.75, 3.05) is 0 Å². The Morgan fingerprint density at radius 2 is 1.95 bits per heavy atom. The van der Waals surface area contributed by atoms with Crippen molar-refractivity contribution in [3.63, 3.8) is 0 Å². The fourth-order valence-electron chi connectivity index (χ4n) is 1.78. The smallest absolute Gasteiger partial charge is 0.254 e. The Balaban J connectivity index is 2.09. The van der Waals surface area contributed by atoms with Crippen molar-refractivity contribution in [3.05, 3.63) is 70.8 Å². The third-order valence-corrected chi connectivity index (χ3v) is 3.07. The van der Waals surface area contributed by atoms with Gasteiger partial charge < -0.3 is 11.1 Å². The molecular weight excluding hydrogens is 294 g/mol. The molecule has 6 heteroatoms. The van der Waals surface area contributed by atoms with E-state index in [4.69, 9.17) is 18.0 Å². The van der Waals surface area contributed by atoms with Gasteiger partial charge in [-0.25, -0.2) is 8.78 Å². The first-order chi connectivity index (χ1) is 9.97. The number of carbonyl (C=O) groups excluding carboxylic acids is 1. The average molecular weight is 306 g/mol. The third kappa shape index (κ3) is 3.82. The molecule has 0 aliphatic heterocycles. The monoisotopic (exact) mass is 306 g/mol. The van der Waals surface area contributed by atoms with Crippen LogP contribution in [0.15, 0.2) is 42.5 Å². The summed E-state index contributed by atoms with van der Waals surface area (Å²) in [5, 5.41) is 2.52. The van der Waals surface area contributed by atoms with Gasteiger partial charge in [0.2, 0.25) is 0 Å². The number of hydrogen-bond acceptors (Lipinski definition) is 2. The van der Waals surface area contributed by atoms with E-state index < -0.39 is 17.5 Å². The molecule has 0 radical (unpaired) electrons. The molecule has 0 fully saturated rings. The molecule has 108 valence electrons. The molecule has 2 aromatic carbocycles. The van der Waals surface area contributed by atoms with Crippen LogP contribution >= 0.6 is 12.2 Å². The zero-order valence-corrected chi connectivity index (χ0v) is 11.7. The van der Waals surface area contributed by atoms with E-state index in [0.717, 1.165) is 23.8 Å². The van der Waals surface area contributed by atoms with Gasteiger partial charge in [0.05, 0.1) is 5.56 Å². The summed E-state index contributed by atoms with van der Waals surface area (Å²) >= 11 is 4.86. The van der Waals surface area contributed by atoms with E-state index in [9.17, 15) is 13.6 Å². The summed E-state index contributed by atoms with van der Waals surface area (Å²) in [6, 6.07) is 9.72. The summed E-state index contributed by atoms with van der Waals surface area (Å²) in [5.41, 5.74) is 6.62. The average Bonchev–Trinajstić information content (AvgIpc) is 2.47. The van der Waals surface area contributed by atoms with Crippen molar-refractivity contribution >= 4 is 23.1 Å². The van der Waals surface area contributed by atoms with E-state index in [1.807, 2.05) is 0 Å². The van der Waals surface area contributed by atoms with Crippen LogP contribution in [-0.2, 0) is 6.54 Å². The van der Waals surface area contributed by atoms with Gasteiger partial charge >= 0.3 is 0 Å². The number of rotatable bonds is 4. The van der Waals surface area contributed by atoms with Crippen LogP contribution in [0.2, 0.25) is 0 Å². The van der Waals surface area contributed by atoms with Crippen molar-refractivity contribution in [2.45, 2.75) is 6.54 Å². The summed E-state index contributed by atoms with van der Waals surface area (Å²) < 4.78 is 26.5. The Kier molecular flexibility index (Phi) is 4.59. The second kappa shape index (κ2) is 6.41. The lowest BCUT2D eigenvalue weighted by atomic mass is 10.1. The van der Waals surface area contributed by atoms with E-state index in [-0.39, 0.29) is 17.1 Å². The molecule has 2 rings (SSSR count). The number of thiocarbonyl (C=S) groups is 1. The Hall–Kier alpha value is -2.34. The van der Waals surface area contributed by atoms with Gasteiger partial charge in [0.25, 0.3) is 5.91 Å². The molecular formula is C15H12F2N2OS. The van der Waals surface area contributed by atoms with E-state index >= 15 is 0 Å². The van der Waals surface area contributed by atoms with Gasteiger partial charge in [-0.15, -0.1) is 0 Å². The Labute approximate surface area is 125 Å². The first-order valence-electron chi connectivity index (χ1n) is 6.09. The predicted molar refractivity (Wildman–Crippen MR) is 79.9 cm³/mol. The highest BCUT2D eigenvalue weighted by Crippen LogP contribution is 2.10. The molecule has 0 aliphatic carbocycles. The molecule has 0 saturated heterocycles. The Morgan fingerprint density at radius 3 is 2.67 bits per heavy atom. The lowest BCUT2D eigenvalue weighted by Gasteiger charge is -2.07. The Morgan fingerprint density at radius 1 is 1.19 bits per heavy atom. The van der Waals surface area contributed by atoms with Crippen LogP contribution in [0.4, 0.5) is 8.78 Å². The quantitative estimate of drug-likeness (QED) is 0.854. The van der Waals surface area contributed by atoms with Crippen LogP contribution in [-0.4, -0.2) is 10.9 Å². The molecule has 0 unspecified atom stereocenters. The maximum atomic E-state index is 13.5. The fraction of sp³-hybridized carbons (Fsp3) is 0.0667. The van der Waals surface area contributed by atoms with Crippen LogP contribution < -0.4 is 11.1 Å². The van der Waals surface area contributed by atoms with E-state index in [1.165, 1.54) is 0 Å². The third-order valence-electron chi connectivity index (χ3n) is 2.84. The zero-order valence-electron chi connectivity index (χ0n) is 10.9. The molecule has 0 spiro atoms. The highest BCUT2D eigenvalue weighted by molar-refractivity contribution is 7.80. The molecule has 21 heavy (non-hydrogen) atoms. The lowest BCUT2D eigenvalue weighted by Crippen LogP contribution is -2.24. The number of benzene rings is 2. The number of halogens is 2. The van der Waals surface area contributed by atoms with Crippen molar-refractivity contribution in [2.24, 2.45) is 5.73 Å². The lowest BCUT2D eigenvalue weighted by molar-refractivity contribution is 0.0946. The molecule has 3 nitrogen and oxygen atoms in total. The van der Waals surface area contributed by atoms with Gasteiger partial charge in [0.1, 0.15) is 16.6 Å². The summed E-state index contributed by atoms with van der Waals surface area (Å²) in [7, 11) is 0. The maximum Gasteiger partial charge on any atom is 0.254 e. The van der Waals surface area contributed by atoms with Crippen LogP contribution in [0.1, 0.15) is 21.5 Å². The number of hydrogen-bond donors (Lipinski definition) is 2. The fourth-order valence-corrected chi connectivity index (χ4v) is 1.91. The maximum absolute atomic E-state index is 13.5. The molecule has 0 bridgehead atoms. The van der Waals surface area contributed by atoms with Gasteiger partial charge in [0, 0.05) is 12.1 Å². The van der Waals surface area contributed by atoms with Gasteiger partial charge in [0.15, 0.2) is 0 Å². The SMILES string of the molecule is NC(=S)c1cccc(CNC(=O)c2cc(F)ccc2F)c1. The predicted octanol–water partition coefficient (Wildman–Crippen LogP) is 2.53.